The van der Waals surface area contributed by atoms with Crippen molar-refractivity contribution in [2.75, 3.05) is 6.61 Å². The van der Waals surface area contributed by atoms with Gasteiger partial charge in [0.15, 0.2) is 15.1 Å². The second kappa shape index (κ2) is 11.0. The number of carbonyl (C=O) groups is 1. The van der Waals surface area contributed by atoms with Crippen molar-refractivity contribution >= 4 is 15.8 Å². The number of phenolic OH excluding ortho intramolecular Hbond substituents is 1. The van der Waals surface area contributed by atoms with Crippen molar-refractivity contribution < 1.29 is 23.1 Å². The van der Waals surface area contributed by atoms with Gasteiger partial charge >= 0.3 is 5.97 Å². The minimum Gasteiger partial charge on any atom is -0.507 e. The first-order valence-corrected chi connectivity index (χ1v) is 13.4. The highest BCUT2D eigenvalue weighted by Crippen LogP contribution is 2.41. The summed E-state index contributed by atoms with van der Waals surface area (Å²) in [6, 6.07) is 3.08. The van der Waals surface area contributed by atoms with Crippen LogP contribution in [0.3, 0.4) is 0 Å². The number of hydrogen-bond acceptors (Lipinski definition) is 5. The standard InChI is InChI=1S/C26H44O5S/c1-10-12-13-14-18(3)23(24(28)31-15-11-2)32(29,30)19-16-20(25(4,5)6)22(27)21(17-19)26(7,8)9/h16-18,23,27H,10-15H2,1-9H3. The van der Waals surface area contributed by atoms with Crippen molar-refractivity contribution in [2.45, 2.75) is 115 Å². The van der Waals surface area contributed by atoms with E-state index in [1.165, 1.54) is 0 Å². The van der Waals surface area contributed by atoms with Gasteiger partial charge in [-0.2, -0.15) is 0 Å². The molecule has 0 heterocycles. The number of sulfone groups is 1. The van der Waals surface area contributed by atoms with Gasteiger partial charge in [0.2, 0.25) is 0 Å². The molecule has 1 rings (SSSR count). The molecule has 6 heteroatoms. The van der Waals surface area contributed by atoms with E-state index in [1.54, 1.807) is 12.1 Å². The molecule has 2 unspecified atom stereocenters. The minimum absolute atomic E-state index is 0.0749. The number of aromatic hydroxyl groups is 1. The number of benzene rings is 1. The van der Waals surface area contributed by atoms with E-state index in [0.717, 1.165) is 19.3 Å². The van der Waals surface area contributed by atoms with E-state index in [2.05, 4.69) is 6.92 Å². The van der Waals surface area contributed by atoms with Crippen LogP contribution in [-0.4, -0.2) is 31.4 Å². The maximum Gasteiger partial charge on any atom is 0.324 e. The third kappa shape index (κ3) is 6.97. The summed E-state index contributed by atoms with van der Waals surface area (Å²) in [6.45, 7) is 17.6. The first kappa shape index (κ1) is 28.5. The van der Waals surface area contributed by atoms with E-state index < -0.39 is 31.9 Å². The maximum absolute atomic E-state index is 13.9. The first-order valence-electron chi connectivity index (χ1n) is 11.9. The van der Waals surface area contributed by atoms with E-state index >= 15 is 0 Å². The van der Waals surface area contributed by atoms with Gasteiger partial charge in [0.05, 0.1) is 11.5 Å². The summed E-state index contributed by atoms with van der Waals surface area (Å²) in [5.74, 6) is -0.940. The van der Waals surface area contributed by atoms with Crippen LogP contribution in [0.5, 0.6) is 5.75 Å². The van der Waals surface area contributed by atoms with E-state index in [1.807, 2.05) is 55.4 Å². The van der Waals surface area contributed by atoms with E-state index in [4.69, 9.17) is 4.74 Å². The minimum atomic E-state index is -4.04. The van der Waals surface area contributed by atoms with E-state index in [-0.39, 0.29) is 23.2 Å². The zero-order valence-electron chi connectivity index (χ0n) is 21.5. The molecular formula is C26H44O5S. The third-order valence-corrected chi connectivity index (χ3v) is 8.04. The fourth-order valence-corrected chi connectivity index (χ4v) is 5.81. The molecule has 1 aromatic carbocycles. The van der Waals surface area contributed by atoms with Gasteiger partial charge in [-0.1, -0.05) is 81.6 Å². The van der Waals surface area contributed by atoms with Crippen LogP contribution in [0.15, 0.2) is 17.0 Å². The van der Waals surface area contributed by atoms with E-state index in [9.17, 15) is 18.3 Å². The zero-order chi connectivity index (χ0) is 24.9. The molecule has 32 heavy (non-hydrogen) atoms. The van der Waals surface area contributed by atoms with Crippen LogP contribution in [0, 0.1) is 5.92 Å². The molecule has 0 aliphatic rings. The van der Waals surface area contributed by atoms with Gasteiger partial charge in [0.25, 0.3) is 0 Å². The van der Waals surface area contributed by atoms with Crippen LogP contribution >= 0.6 is 0 Å². The van der Waals surface area contributed by atoms with Crippen LogP contribution in [0.25, 0.3) is 0 Å². The zero-order valence-corrected chi connectivity index (χ0v) is 22.4. The fourth-order valence-electron chi connectivity index (χ4n) is 3.88. The fraction of sp³-hybridized carbons (Fsp3) is 0.731. The molecule has 0 radical (unpaired) electrons. The largest absolute Gasteiger partial charge is 0.507 e. The van der Waals surface area contributed by atoms with Crippen molar-refractivity contribution in [3.63, 3.8) is 0 Å². The third-order valence-electron chi connectivity index (χ3n) is 5.82. The monoisotopic (exact) mass is 468 g/mol. The Balaban J connectivity index is 3.69. The van der Waals surface area contributed by atoms with Gasteiger partial charge in [-0.25, -0.2) is 8.42 Å². The predicted octanol–water partition coefficient (Wildman–Crippen LogP) is 6.30. The lowest BCUT2D eigenvalue weighted by Crippen LogP contribution is -2.38. The second-order valence-corrected chi connectivity index (χ2v) is 13.0. The molecule has 1 N–H and O–H groups in total. The Kier molecular flexibility index (Phi) is 9.82. The summed E-state index contributed by atoms with van der Waals surface area (Å²) in [7, 11) is -4.04. The predicted molar refractivity (Wildman–Crippen MR) is 131 cm³/mol. The highest BCUT2D eigenvalue weighted by Gasteiger charge is 2.41. The lowest BCUT2D eigenvalue weighted by Gasteiger charge is -2.29. The highest BCUT2D eigenvalue weighted by atomic mass is 32.2. The van der Waals surface area contributed by atoms with E-state index in [0.29, 0.717) is 24.0 Å². The molecule has 1 aromatic rings. The molecule has 0 saturated heterocycles. The molecule has 0 spiro atoms. The Hall–Kier alpha value is -1.56. The van der Waals surface area contributed by atoms with Gasteiger partial charge in [-0.15, -0.1) is 0 Å². The molecule has 5 nitrogen and oxygen atoms in total. The number of esters is 1. The lowest BCUT2D eigenvalue weighted by atomic mass is 9.79. The van der Waals surface area contributed by atoms with Crippen molar-refractivity contribution in [2.24, 2.45) is 5.92 Å². The van der Waals surface area contributed by atoms with Gasteiger partial charge in [-0.05, 0) is 41.7 Å². The van der Waals surface area contributed by atoms with Crippen LogP contribution in [0.1, 0.15) is 106 Å². The SMILES string of the molecule is CCCCCC(C)C(C(=O)OCCC)S(=O)(=O)c1cc(C(C)(C)C)c(O)c(C(C)(C)C)c1. The molecule has 184 valence electrons. The Labute approximate surface area is 195 Å². The number of unbranched alkanes of at least 4 members (excludes halogenated alkanes) is 2. The average Bonchev–Trinajstić information content (AvgIpc) is 2.64. The quantitative estimate of drug-likeness (QED) is 0.322. The normalized spacial score (nSPS) is 14.8. The Morgan fingerprint density at radius 1 is 0.969 bits per heavy atom. The molecule has 0 bridgehead atoms. The number of carbonyl (C=O) groups excluding carboxylic acids is 1. The summed E-state index contributed by atoms with van der Waals surface area (Å²) in [5, 5.41) is 9.71. The molecule has 2 atom stereocenters. The molecule has 0 saturated carbocycles. The first-order chi connectivity index (χ1) is 14.6. The number of rotatable bonds is 10. The number of phenols is 1. The summed E-state index contributed by atoms with van der Waals surface area (Å²) < 4.78 is 33.1. The highest BCUT2D eigenvalue weighted by molar-refractivity contribution is 7.92. The van der Waals surface area contributed by atoms with Crippen LogP contribution in [0.2, 0.25) is 0 Å². The number of ether oxygens (including phenoxy) is 1. The van der Waals surface area contributed by atoms with Gasteiger partial charge in [0.1, 0.15) is 5.75 Å². The van der Waals surface area contributed by atoms with Gasteiger partial charge in [-0.3, -0.25) is 4.79 Å². The van der Waals surface area contributed by atoms with Crippen molar-refractivity contribution in [3.8, 4) is 5.75 Å². The Morgan fingerprint density at radius 2 is 1.47 bits per heavy atom. The molecule has 0 aliphatic heterocycles. The topological polar surface area (TPSA) is 80.7 Å². The van der Waals surface area contributed by atoms with Crippen LogP contribution in [-0.2, 0) is 30.2 Å². The van der Waals surface area contributed by atoms with Crippen LogP contribution in [0.4, 0.5) is 0 Å². The second-order valence-electron chi connectivity index (χ2n) is 11.0. The van der Waals surface area contributed by atoms with Crippen molar-refractivity contribution in [3.05, 3.63) is 23.3 Å². The van der Waals surface area contributed by atoms with Gasteiger partial charge in [0, 0.05) is 11.1 Å². The maximum atomic E-state index is 13.9. The summed E-state index contributed by atoms with van der Waals surface area (Å²) in [4.78, 5) is 13.1. The van der Waals surface area contributed by atoms with Gasteiger partial charge < -0.3 is 9.84 Å². The molecule has 0 amide bonds. The van der Waals surface area contributed by atoms with Crippen molar-refractivity contribution in [1.82, 2.24) is 0 Å². The van der Waals surface area contributed by atoms with Crippen LogP contribution < -0.4 is 0 Å². The Morgan fingerprint density at radius 3 is 1.88 bits per heavy atom. The molecule has 0 aromatic heterocycles. The summed E-state index contributed by atoms with van der Waals surface area (Å²) in [6.07, 6.45) is 4.13. The lowest BCUT2D eigenvalue weighted by molar-refractivity contribution is -0.144. The van der Waals surface area contributed by atoms with Crippen molar-refractivity contribution in [1.29, 1.82) is 0 Å². The average molecular weight is 469 g/mol. The molecule has 0 aliphatic carbocycles. The summed E-state index contributed by atoms with van der Waals surface area (Å²) in [5.41, 5.74) is 0.173. The summed E-state index contributed by atoms with van der Waals surface area (Å²) >= 11 is 0. The smallest absolute Gasteiger partial charge is 0.324 e. The Bertz CT molecular complexity index is 837. The molecule has 0 fully saturated rings. The molecular weight excluding hydrogens is 424 g/mol. The number of hydrogen-bond donors (Lipinski definition) is 1.